The van der Waals surface area contributed by atoms with Crippen molar-refractivity contribution >= 4 is 34.9 Å². The zero-order valence-electron chi connectivity index (χ0n) is 24.7. The molecule has 0 radical (unpaired) electrons. The topological polar surface area (TPSA) is 100 Å². The Hall–Kier alpha value is -4.42. The number of quaternary nitrogens is 1. The second-order valence-corrected chi connectivity index (χ2v) is 11.9. The number of carboxylic acid groups (broad SMARTS) is 1. The summed E-state index contributed by atoms with van der Waals surface area (Å²) in [6, 6.07) is 13.9. The molecular formula is C33H32F3N4O4S+. The van der Waals surface area contributed by atoms with Gasteiger partial charge in [-0.25, -0.2) is 0 Å². The minimum atomic E-state index is -4.45. The van der Waals surface area contributed by atoms with E-state index in [0.717, 1.165) is 17.1 Å². The van der Waals surface area contributed by atoms with Crippen molar-refractivity contribution in [3.05, 3.63) is 100 Å². The van der Waals surface area contributed by atoms with Crippen LogP contribution >= 0.6 is 11.3 Å². The molecule has 2 amide bonds. The number of halogens is 3. The summed E-state index contributed by atoms with van der Waals surface area (Å²) >= 11 is 1.35. The van der Waals surface area contributed by atoms with E-state index in [4.69, 9.17) is 4.98 Å². The first-order valence-corrected chi connectivity index (χ1v) is 15.4. The van der Waals surface area contributed by atoms with Gasteiger partial charge in [-0.15, -0.1) is 11.3 Å². The van der Waals surface area contributed by atoms with Crippen LogP contribution in [0.4, 0.5) is 23.8 Å². The van der Waals surface area contributed by atoms with Crippen LogP contribution in [0, 0.1) is 0 Å². The Morgan fingerprint density at radius 2 is 1.73 bits per heavy atom. The van der Waals surface area contributed by atoms with Crippen LogP contribution in [-0.4, -0.2) is 63.4 Å². The summed E-state index contributed by atoms with van der Waals surface area (Å²) in [5, 5.41) is 12.9. The summed E-state index contributed by atoms with van der Waals surface area (Å²) in [4.78, 5) is 50.1. The van der Waals surface area contributed by atoms with E-state index in [2.05, 4.69) is 4.98 Å². The summed E-state index contributed by atoms with van der Waals surface area (Å²) in [5.74, 6) is -0.266. The lowest BCUT2D eigenvalue weighted by molar-refractivity contribution is -0.137. The number of hydrogen-bond acceptors (Lipinski definition) is 6. The molecule has 2 unspecified atom stereocenters. The van der Waals surface area contributed by atoms with Crippen molar-refractivity contribution < 1.29 is 32.7 Å². The predicted molar refractivity (Wildman–Crippen MR) is 165 cm³/mol. The number of Topliss-reactive ketones (excluding diaryl/α,β-unsaturated/α-hetero) is 1. The maximum Gasteiger partial charge on any atom is 0.520 e. The third-order valence-electron chi connectivity index (χ3n) is 8.56. The standard InChI is InChI=1S/C33H31F3N4O4S/c1-3-40(32(43)44,21(2)29(41)24-7-6-16-37-19-24)28-20-45-30(38-28)23-14-17-39(18-15-23)31(42)27-9-5-4-8-26(27)22-10-12-25(13-11-22)33(34,35)36/h4-13,16,19-21,23H,3,14-15,17-18H2,1-2H3/p+1. The number of likely N-dealkylation sites (tertiary alicyclic amines) is 1. The van der Waals surface area contributed by atoms with Gasteiger partial charge in [0.25, 0.3) is 5.91 Å². The van der Waals surface area contributed by atoms with Gasteiger partial charge in [-0.05, 0) is 68.1 Å². The van der Waals surface area contributed by atoms with E-state index >= 15 is 0 Å². The Labute approximate surface area is 262 Å². The van der Waals surface area contributed by atoms with Gasteiger partial charge in [-0.1, -0.05) is 30.3 Å². The molecule has 1 aliphatic heterocycles. The SMILES string of the molecule is CC[N+](C(=O)O)(c1csc(C2CCN(C(=O)c3ccccc3-c3ccc(C(F)(F)F)cc3)CC2)n1)C(C)C(=O)c1cccnc1. The van der Waals surface area contributed by atoms with Crippen LogP contribution in [0.2, 0.25) is 0 Å². The van der Waals surface area contributed by atoms with E-state index in [1.807, 2.05) is 0 Å². The molecule has 2 atom stereocenters. The van der Waals surface area contributed by atoms with Gasteiger partial charge < -0.3 is 10.0 Å². The molecule has 12 heteroatoms. The van der Waals surface area contributed by atoms with E-state index in [1.165, 1.54) is 29.7 Å². The number of thiazole rings is 1. The fourth-order valence-electron chi connectivity index (χ4n) is 5.89. The largest absolute Gasteiger partial charge is 0.520 e. The summed E-state index contributed by atoms with van der Waals surface area (Å²) in [7, 11) is 0. The number of ketones is 1. The summed E-state index contributed by atoms with van der Waals surface area (Å²) in [5.41, 5.74) is 1.06. The highest BCUT2D eigenvalue weighted by atomic mass is 32.1. The highest BCUT2D eigenvalue weighted by molar-refractivity contribution is 7.10. The molecule has 45 heavy (non-hydrogen) atoms. The van der Waals surface area contributed by atoms with Gasteiger partial charge in [0.1, 0.15) is 5.01 Å². The van der Waals surface area contributed by atoms with Crippen molar-refractivity contribution in [2.75, 3.05) is 19.6 Å². The van der Waals surface area contributed by atoms with Crippen LogP contribution in [-0.2, 0) is 6.18 Å². The van der Waals surface area contributed by atoms with Gasteiger partial charge in [0.15, 0.2) is 6.04 Å². The monoisotopic (exact) mass is 637 g/mol. The molecule has 3 heterocycles. The van der Waals surface area contributed by atoms with Gasteiger partial charge in [-0.2, -0.15) is 27.4 Å². The average molecular weight is 638 g/mol. The predicted octanol–water partition coefficient (Wildman–Crippen LogP) is 7.52. The molecular weight excluding hydrogens is 605 g/mol. The first-order chi connectivity index (χ1) is 21.5. The number of likely N-dealkylation sites (N-methyl/N-ethyl adjacent to an activating group) is 1. The number of nitrogens with zero attached hydrogens (tertiary/aromatic N) is 4. The number of aromatic nitrogens is 2. The number of hydrogen-bond donors (Lipinski definition) is 1. The molecule has 5 rings (SSSR count). The lowest BCUT2D eigenvalue weighted by Crippen LogP contribution is -2.62. The minimum absolute atomic E-state index is 0.00478. The van der Waals surface area contributed by atoms with Crippen LogP contribution < -0.4 is 4.48 Å². The Bertz CT molecular complexity index is 1690. The first-order valence-electron chi connectivity index (χ1n) is 14.5. The summed E-state index contributed by atoms with van der Waals surface area (Å²) < 4.78 is 38.5. The number of piperidine rings is 1. The average Bonchev–Trinajstić information content (AvgIpc) is 3.55. The third kappa shape index (κ3) is 6.25. The molecule has 2 aromatic heterocycles. The molecule has 0 bridgehead atoms. The van der Waals surface area contributed by atoms with E-state index < -0.39 is 28.4 Å². The summed E-state index contributed by atoms with van der Waals surface area (Å²) in [6.45, 7) is 4.28. The lowest BCUT2D eigenvalue weighted by atomic mass is 9.94. The maximum absolute atomic E-state index is 13.6. The fraction of sp³-hybridized carbons (Fsp3) is 0.303. The Balaban J connectivity index is 1.31. The highest BCUT2D eigenvalue weighted by Gasteiger charge is 2.49. The quantitative estimate of drug-likeness (QED) is 0.158. The van der Waals surface area contributed by atoms with Crippen molar-refractivity contribution in [1.82, 2.24) is 19.4 Å². The molecule has 4 aromatic rings. The Kier molecular flexibility index (Phi) is 9.17. The molecule has 2 aromatic carbocycles. The first kappa shape index (κ1) is 32.0. The molecule has 1 saturated heterocycles. The van der Waals surface area contributed by atoms with Crippen LogP contribution in [0.5, 0.6) is 0 Å². The Morgan fingerprint density at radius 1 is 1.04 bits per heavy atom. The molecule has 0 saturated carbocycles. The second-order valence-electron chi connectivity index (χ2n) is 11.0. The zero-order valence-corrected chi connectivity index (χ0v) is 25.5. The molecule has 1 N–H and O–H groups in total. The zero-order chi connectivity index (χ0) is 32.4. The summed E-state index contributed by atoms with van der Waals surface area (Å²) in [6.07, 6.45) is -1.45. The molecule has 0 aliphatic carbocycles. The number of pyridine rings is 1. The number of carbonyl (C=O) groups is 3. The number of amides is 2. The lowest BCUT2D eigenvalue weighted by Gasteiger charge is -2.34. The Morgan fingerprint density at radius 3 is 2.33 bits per heavy atom. The van der Waals surface area contributed by atoms with Gasteiger partial charge in [0, 0.05) is 42.5 Å². The smallest absolute Gasteiger partial charge is 0.435 e. The van der Waals surface area contributed by atoms with E-state index in [1.54, 1.807) is 66.7 Å². The van der Waals surface area contributed by atoms with Crippen molar-refractivity contribution in [3.63, 3.8) is 0 Å². The number of rotatable bonds is 8. The van der Waals surface area contributed by atoms with E-state index in [9.17, 15) is 32.7 Å². The molecule has 1 aliphatic rings. The second kappa shape index (κ2) is 12.9. The highest BCUT2D eigenvalue weighted by Crippen LogP contribution is 2.37. The number of alkyl halides is 3. The van der Waals surface area contributed by atoms with Crippen LogP contribution in [0.25, 0.3) is 11.1 Å². The van der Waals surface area contributed by atoms with Gasteiger partial charge in [0.05, 0.1) is 17.5 Å². The molecule has 234 valence electrons. The van der Waals surface area contributed by atoms with Gasteiger partial charge >= 0.3 is 12.3 Å². The number of benzene rings is 2. The normalized spacial score (nSPS) is 16.2. The van der Waals surface area contributed by atoms with Crippen LogP contribution in [0.15, 0.2) is 78.4 Å². The van der Waals surface area contributed by atoms with E-state index in [-0.39, 0.29) is 24.2 Å². The van der Waals surface area contributed by atoms with Crippen molar-refractivity contribution in [3.8, 4) is 11.1 Å². The minimum Gasteiger partial charge on any atom is -0.435 e. The van der Waals surface area contributed by atoms with E-state index in [0.29, 0.717) is 54.0 Å². The van der Waals surface area contributed by atoms with Crippen LogP contribution in [0.1, 0.15) is 63.9 Å². The number of carbonyl (C=O) groups excluding carboxylic acids is 2. The molecule has 8 nitrogen and oxygen atoms in total. The van der Waals surface area contributed by atoms with Crippen molar-refractivity contribution in [2.45, 2.75) is 44.8 Å². The maximum atomic E-state index is 13.6. The van der Waals surface area contributed by atoms with Crippen molar-refractivity contribution in [2.24, 2.45) is 0 Å². The molecule has 1 fully saturated rings. The molecule has 0 spiro atoms. The van der Waals surface area contributed by atoms with Crippen molar-refractivity contribution in [1.29, 1.82) is 0 Å². The van der Waals surface area contributed by atoms with Gasteiger partial charge in [0.2, 0.25) is 11.6 Å². The fourth-order valence-corrected chi connectivity index (χ4v) is 6.93. The van der Waals surface area contributed by atoms with Gasteiger partial charge in [-0.3, -0.25) is 14.6 Å². The van der Waals surface area contributed by atoms with Crippen LogP contribution in [0.3, 0.4) is 0 Å². The third-order valence-corrected chi connectivity index (χ3v) is 9.55.